The number of rotatable bonds is 2. The van der Waals surface area contributed by atoms with Crippen LogP contribution in [0.1, 0.15) is 0 Å². The number of aromatic nitrogens is 2. The van der Waals surface area contributed by atoms with Gasteiger partial charge in [-0.05, 0) is 28.1 Å². The van der Waals surface area contributed by atoms with Crippen molar-refractivity contribution in [2.24, 2.45) is 0 Å². The predicted molar refractivity (Wildman–Crippen MR) is 64.4 cm³/mol. The highest BCUT2D eigenvalue weighted by Gasteiger charge is 2.09. The minimum Gasteiger partial charge on any atom is -0.334 e. The molecule has 0 bridgehead atoms. The first-order valence-corrected chi connectivity index (χ1v) is 5.53. The molecule has 6 heteroatoms. The Morgan fingerprint density at radius 1 is 1.25 bits per heavy atom. The lowest BCUT2D eigenvalue weighted by atomic mass is 10.3. The second-order valence-electron chi connectivity index (χ2n) is 2.92. The maximum Gasteiger partial charge on any atom is 0.171 e. The van der Waals surface area contributed by atoms with Crippen LogP contribution in [0.2, 0.25) is 5.15 Å². The van der Waals surface area contributed by atoms with Crippen LogP contribution in [-0.4, -0.2) is 9.97 Å². The topological polar surface area (TPSA) is 37.8 Å². The van der Waals surface area contributed by atoms with Crippen molar-refractivity contribution in [2.45, 2.75) is 0 Å². The van der Waals surface area contributed by atoms with E-state index < -0.39 is 5.82 Å². The molecule has 1 N–H and O–H groups in total. The van der Waals surface area contributed by atoms with Crippen LogP contribution < -0.4 is 5.32 Å². The third kappa shape index (κ3) is 2.31. The minimum absolute atomic E-state index is 0.192. The molecule has 0 aliphatic heterocycles. The lowest BCUT2D eigenvalue weighted by molar-refractivity contribution is 0.631. The number of hydrogen-bond donors (Lipinski definition) is 1. The third-order valence-electron chi connectivity index (χ3n) is 1.86. The minimum atomic E-state index is -0.393. The van der Waals surface area contributed by atoms with Gasteiger partial charge in [-0.2, -0.15) is 0 Å². The molecule has 0 saturated heterocycles. The van der Waals surface area contributed by atoms with E-state index in [-0.39, 0.29) is 10.8 Å². The predicted octanol–water partition coefficient (Wildman–Crippen LogP) is 3.78. The number of anilines is 2. The van der Waals surface area contributed by atoms with Gasteiger partial charge in [0.1, 0.15) is 5.82 Å². The largest absolute Gasteiger partial charge is 0.334 e. The van der Waals surface area contributed by atoms with E-state index in [1.807, 2.05) is 0 Å². The molecule has 1 aromatic carbocycles. The lowest BCUT2D eigenvalue weighted by Gasteiger charge is -2.09. The Hall–Kier alpha value is -1.20. The van der Waals surface area contributed by atoms with Gasteiger partial charge in [-0.15, -0.1) is 0 Å². The normalized spacial score (nSPS) is 10.2. The SMILES string of the molecule is Fc1cccc(Br)c1Nc1nccnc1Cl. The van der Waals surface area contributed by atoms with E-state index >= 15 is 0 Å². The number of halogens is 3. The smallest absolute Gasteiger partial charge is 0.171 e. The highest BCUT2D eigenvalue weighted by atomic mass is 79.9. The summed E-state index contributed by atoms with van der Waals surface area (Å²) in [7, 11) is 0. The first kappa shape index (κ1) is 11.3. The van der Waals surface area contributed by atoms with Gasteiger partial charge >= 0.3 is 0 Å². The number of nitrogens with zero attached hydrogens (tertiary/aromatic N) is 2. The summed E-state index contributed by atoms with van der Waals surface area (Å²) in [5, 5.41) is 2.97. The monoisotopic (exact) mass is 301 g/mol. The van der Waals surface area contributed by atoms with Crippen molar-refractivity contribution in [1.29, 1.82) is 0 Å². The summed E-state index contributed by atoms with van der Waals surface area (Å²) in [6.07, 6.45) is 2.94. The second-order valence-corrected chi connectivity index (χ2v) is 4.13. The van der Waals surface area contributed by atoms with Crippen LogP contribution in [0.5, 0.6) is 0 Å². The van der Waals surface area contributed by atoms with Gasteiger partial charge < -0.3 is 5.32 Å². The highest BCUT2D eigenvalue weighted by Crippen LogP contribution is 2.29. The summed E-state index contributed by atoms with van der Waals surface area (Å²) < 4.78 is 14.1. The zero-order valence-electron chi connectivity index (χ0n) is 7.92. The first-order chi connectivity index (χ1) is 7.68. The molecule has 3 nitrogen and oxygen atoms in total. The number of hydrogen-bond acceptors (Lipinski definition) is 3. The molecular formula is C10H6BrClFN3. The summed E-state index contributed by atoms with van der Waals surface area (Å²) in [5.74, 6) is -0.0777. The Morgan fingerprint density at radius 3 is 2.69 bits per heavy atom. The van der Waals surface area contributed by atoms with Gasteiger partial charge in [0, 0.05) is 16.9 Å². The van der Waals surface area contributed by atoms with Crippen molar-refractivity contribution in [3.8, 4) is 0 Å². The van der Waals surface area contributed by atoms with Gasteiger partial charge in [0.25, 0.3) is 0 Å². The van der Waals surface area contributed by atoms with E-state index in [4.69, 9.17) is 11.6 Å². The van der Waals surface area contributed by atoms with E-state index in [2.05, 4.69) is 31.2 Å². The van der Waals surface area contributed by atoms with Crippen molar-refractivity contribution in [3.63, 3.8) is 0 Å². The Kier molecular flexibility index (Phi) is 3.36. The fraction of sp³-hybridized carbons (Fsp3) is 0. The van der Waals surface area contributed by atoms with Crippen LogP contribution in [0, 0.1) is 5.82 Å². The molecule has 0 fully saturated rings. The van der Waals surface area contributed by atoms with Crippen molar-refractivity contribution in [3.05, 3.63) is 46.0 Å². The molecular weight excluding hydrogens is 296 g/mol. The Labute approximate surface area is 105 Å². The highest BCUT2D eigenvalue weighted by molar-refractivity contribution is 9.10. The molecule has 2 rings (SSSR count). The van der Waals surface area contributed by atoms with E-state index in [1.54, 1.807) is 12.1 Å². The summed E-state index contributed by atoms with van der Waals surface area (Å²) >= 11 is 9.04. The molecule has 0 aliphatic carbocycles. The van der Waals surface area contributed by atoms with E-state index in [1.165, 1.54) is 18.5 Å². The van der Waals surface area contributed by atoms with Gasteiger partial charge in [-0.25, -0.2) is 14.4 Å². The maximum absolute atomic E-state index is 13.5. The van der Waals surface area contributed by atoms with Crippen LogP contribution in [0.25, 0.3) is 0 Å². The fourth-order valence-corrected chi connectivity index (χ4v) is 1.73. The van der Waals surface area contributed by atoms with E-state index in [9.17, 15) is 4.39 Å². The molecule has 82 valence electrons. The molecule has 0 atom stereocenters. The molecule has 1 heterocycles. The molecule has 0 unspecified atom stereocenters. The van der Waals surface area contributed by atoms with Crippen LogP contribution in [-0.2, 0) is 0 Å². The van der Waals surface area contributed by atoms with Gasteiger partial charge in [0.2, 0.25) is 0 Å². The zero-order chi connectivity index (χ0) is 11.5. The summed E-state index contributed by atoms with van der Waals surface area (Å²) in [4.78, 5) is 7.80. The molecule has 1 aromatic heterocycles. The third-order valence-corrected chi connectivity index (χ3v) is 2.80. The van der Waals surface area contributed by atoms with Gasteiger partial charge in [-0.3, -0.25) is 0 Å². The average molecular weight is 303 g/mol. The Morgan fingerprint density at radius 2 is 2.00 bits per heavy atom. The van der Waals surface area contributed by atoms with Crippen molar-refractivity contribution in [1.82, 2.24) is 9.97 Å². The van der Waals surface area contributed by atoms with Crippen LogP contribution >= 0.6 is 27.5 Å². The van der Waals surface area contributed by atoms with Crippen molar-refractivity contribution >= 4 is 39.0 Å². The Balaban J connectivity index is 2.38. The molecule has 0 aliphatic rings. The lowest BCUT2D eigenvalue weighted by Crippen LogP contribution is -1.98. The summed E-state index contributed by atoms with van der Waals surface area (Å²) in [5.41, 5.74) is 0.282. The average Bonchev–Trinajstić information content (AvgIpc) is 2.26. The molecule has 2 aromatic rings. The standard InChI is InChI=1S/C10H6BrClFN3/c11-6-2-1-3-7(13)8(6)16-10-9(12)14-4-5-15-10/h1-5H,(H,15,16). The second kappa shape index (κ2) is 4.76. The van der Waals surface area contributed by atoms with E-state index in [0.29, 0.717) is 10.3 Å². The molecule has 16 heavy (non-hydrogen) atoms. The van der Waals surface area contributed by atoms with Gasteiger partial charge in [0.15, 0.2) is 11.0 Å². The van der Waals surface area contributed by atoms with Gasteiger partial charge in [0.05, 0.1) is 5.69 Å². The van der Waals surface area contributed by atoms with E-state index in [0.717, 1.165) is 0 Å². The van der Waals surface area contributed by atoms with Crippen LogP contribution in [0.15, 0.2) is 35.1 Å². The fourth-order valence-electron chi connectivity index (χ4n) is 1.14. The number of benzene rings is 1. The first-order valence-electron chi connectivity index (χ1n) is 4.36. The molecule has 0 amide bonds. The number of nitrogens with one attached hydrogen (secondary N) is 1. The Bertz CT molecular complexity index is 501. The van der Waals surface area contributed by atoms with Crippen LogP contribution in [0.4, 0.5) is 15.9 Å². The summed E-state index contributed by atoms with van der Waals surface area (Å²) in [6, 6.07) is 4.66. The van der Waals surface area contributed by atoms with Gasteiger partial charge in [-0.1, -0.05) is 17.7 Å². The molecule has 0 spiro atoms. The molecule has 0 radical (unpaired) electrons. The van der Waals surface area contributed by atoms with Crippen molar-refractivity contribution in [2.75, 3.05) is 5.32 Å². The zero-order valence-corrected chi connectivity index (χ0v) is 10.3. The van der Waals surface area contributed by atoms with Crippen molar-refractivity contribution < 1.29 is 4.39 Å². The van der Waals surface area contributed by atoms with Crippen LogP contribution in [0.3, 0.4) is 0 Å². The number of para-hydroxylation sites is 1. The molecule has 0 saturated carbocycles. The maximum atomic E-state index is 13.5. The quantitative estimate of drug-likeness (QED) is 0.917. The summed E-state index contributed by atoms with van der Waals surface area (Å²) in [6.45, 7) is 0.